The minimum Gasteiger partial charge on any atom is -0.454 e. The highest BCUT2D eigenvalue weighted by molar-refractivity contribution is 7.80. The minimum absolute atomic E-state index is 0.725. The molecule has 21 heavy (non-hydrogen) atoms. The first-order chi connectivity index (χ1) is 10.1. The van der Waals surface area contributed by atoms with E-state index in [1.165, 1.54) is 12.8 Å². The van der Waals surface area contributed by atoms with Gasteiger partial charge in [-0.25, -0.2) is 0 Å². The molecule has 1 aliphatic rings. The first-order valence-electron chi connectivity index (χ1n) is 7.28. The second-order valence-electron chi connectivity index (χ2n) is 5.65. The Bertz CT molecular complexity index is 626. The molecule has 1 saturated heterocycles. The molecule has 0 spiro atoms. The maximum atomic E-state index is 5.93. The first-order valence-corrected chi connectivity index (χ1v) is 8.07. The highest BCUT2D eigenvalue weighted by Crippen LogP contribution is 2.26. The lowest BCUT2D eigenvalue weighted by atomic mass is 9.99. The molecule has 0 aliphatic carbocycles. The molecule has 1 aromatic carbocycles. The first kappa shape index (κ1) is 14.6. The third-order valence-corrected chi connectivity index (χ3v) is 4.73. The summed E-state index contributed by atoms with van der Waals surface area (Å²) in [5.41, 5.74) is 1.01. The molecule has 110 valence electrons. The van der Waals surface area contributed by atoms with Crippen molar-refractivity contribution in [2.24, 2.45) is 5.92 Å². The van der Waals surface area contributed by atoms with Crippen molar-refractivity contribution in [3.05, 3.63) is 47.2 Å². The van der Waals surface area contributed by atoms with Crippen LogP contribution in [0.1, 0.15) is 25.5 Å². The largest absolute Gasteiger partial charge is 0.454 e. The molecule has 0 amide bonds. The molecule has 2 nitrogen and oxygen atoms in total. The molecule has 0 N–H and O–H groups in total. The van der Waals surface area contributed by atoms with Crippen LogP contribution >= 0.6 is 23.8 Å². The number of hydrogen-bond acceptors (Lipinski definition) is 2. The van der Waals surface area contributed by atoms with Gasteiger partial charge in [0, 0.05) is 23.7 Å². The van der Waals surface area contributed by atoms with Gasteiger partial charge in [-0.3, -0.25) is 0 Å². The van der Waals surface area contributed by atoms with Gasteiger partial charge in [-0.15, -0.1) is 0 Å². The number of hydrogen-bond donors (Lipinski definition) is 0. The quantitative estimate of drug-likeness (QED) is 0.724. The molecular weight excluding hydrogens is 302 g/mol. The monoisotopic (exact) mass is 319 g/mol. The van der Waals surface area contributed by atoms with Crippen molar-refractivity contribution >= 4 is 28.8 Å². The van der Waals surface area contributed by atoms with Crippen LogP contribution in [0.25, 0.3) is 11.3 Å². The van der Waals surface area contributed by atoms with Gasteiger partial charge in [0.1, 0.15) is 10.7 Å². The highest BCUT2D eigenvalue weighted by Gasteiger charge is 2.20. The standard InChI is InChI=1S/C17H18ClNOS/c1-12-8-10-19(11-9-12)17(21)16-7-6-15(20-16)13-2-4-14(18)5-3-13/h2-7,12H,8-11H2,1H3. The lowest BCUT2D eigenvalue weighted by Crippen LogP contribution is -2.37. The third kappa shape index (κ3) is 3.30. The maximum absolute atomic E-state index is 5.93. The number of piperidine rings is 1. The van der Waals surface area contributed by atoms with E-state index in [9.17, 15) is 0 Å². The fraction of sp³-hybridized carbons (Fsp3) is 0.353. The van der Waals surface area contributed by atoms with Gasteiger partial charge < -0.3 is 9.32 Å². The van der Waals surface area contributed by atoms with Crippen LogP contribution in [0.5, 0.6) is 0 Å². The van der Waals surface area contributed by atoms with E-state index in [1.807, 2.05) is 36.4 Å². The molecule has 2 aromatic rings. The Hall–Kier alpha value is -1.32. The van der Waals surface area contributed by atoms with Crippen LogP contribution in [-0.4, -0.2) is 23.0 Å². The summed E-state index contributed by atoms with van der Waals surface area (Å²) in [6, 6.07) is 11.6. The van der Waals surface area contributed by atoms with E-state index < -0.39 is 0 Å². The summed E-state index contributed by atoms with van der Waals surface area (Å²) in [5.74, 6) is 2.41. The van der Waals surface area contributed by atoms with E-state index in [0.29, 0.717) is 0 Å². The van der Waals surface area contributed by atoms with Gasteiger partial charge in [0.25, 0.3) is 0 Å². The van der Waals surface area contributed by atoms with E-state index in [1.54, 1.807) is 0 Å². The van der Waals surface area contributed by atoms with Gasteiger partial charge in [-0.05, 0) is 55.2 Å². The van der Waals surface area contributed by atoms with Crippen molar-refractivity contribution < 1.29 is 4.42 Å². The summed E-state index contributed by atoms with van der Waals surface area (Å²) in [4.78, 5) is 3.07. The van der Waals surface area contributed by atoms with Crippen LogP contribution in [0.15, 0.2) is 40.8 Å². The van der Waals surface area contributed by atoms with Gasteiger partial charge in [0.15, 0.2) is 5.76 Å². The average Bonchev–Trinajstić information content (AvgIpc) is 2.98. The number of rotatable bonds is 2. The fourth-order valence-corrected chi connectivity index (χ4v) is 3.01. The molecule has 0 bridgehead atoms. The van der Waals surface area contributed by atoms with Crippen LogP contribution < -0.4 is 0 Å². The number of likely N-dealkylation sites (tertiary alicyclic amines) is 1. The van der Waals surface area contributed by atoms with Crippen LogP contribution in [0, 0.1) is 5.92 Å². The van der Waals surface area contributed by atoms with Crippen molar-refractivity contribution in [2.75, 3.05) is 13.1 Å². The second-order valence-corrected chi connectivity index (χ2v) is 6.47. The number of thiocarbonyl (C=S) groups is 1. The summed E-state index contributed by atoms with van der Waals surface area (Å²) in [6.07, 6.45) is 2.40. The fourth-order valence-electron chi connectivity index (χ4n) is 2.59. The van der Waals surface area contributed by atoms with E-state index in [2.05, 4.69) is 11.8 Å². The smallest absolute Gasteiger partial charge is 0.162 e. The predicted octanol–water partition coefficient (Wildman–Crippen LogP) is 5.01. The van der Waals surface area contributed by atoms with Crippen molar-refractivity contribution in [1.29, 1.82) is 0 Å². The number of nitrogens with zero attached hydrogens (tertiary/aromatic N) is 1. The van der Waals surface area contributed by atoms with Gasteiger partial charge in [-0.1, -0.05) is 30.7 Å². The van der Waals surface area contributed by atoms with E-state index in [4.69, 9.17) is 28.2 Å². The summed E-state index contributed by atoms with van der Waals surface area (Å²) < 4.78 is 5.93. The average molecular weight is 320 g/mol. The number of halogens is 1. The molecule has 0 radical (unpaired) electrons. The van der Waals surface area contributed by atoms with Gasteiger partial charge in [-0.2, -0.15) is 0 Å². The number of benzene rings is 1. The number of furan rings is 1. The Balaban J connectivity index is 1.75. The minimum atomic E-state index is 0.725. The molecule has 4 heteroatoms. The van der Waals surface area contributed by atoms with Crippen LogP contribution in [0.3, 0.4) is 0 Å². The van der Waals surface area contributed by atoms with Crippen molar-refractivity contribution in [3.63, 3.8) is 0 Å². The maximum Gasteiger partial charge on any atom is 0.162 e. The van der Waals surface area contributed by atoms with E-state index in [0.717, 1.165) is 46.1 Å². The molecule has 1 fully saturated rings. The van der Waals surface area contributed by atoms with Crippen LogP contribution in [-0.2, 0) is 0 Å². The zero-order valence-electron chi connectivity index (χ0n) is 12.0. The second kappa shape index (κ2) is 6.20. The zero-order valence-corrected chi connectivity index (χ0v) is 13.6. The lowest BCUT2D eigenvalue weighted by molar-refractivity contribution is 0.281. The van der Waals surface area contributed by atoms with Gasteiger partial charge >= 0.3 is 0 Å². The van der Waals surface area contributed by atoms with E-state index >= 15 is 0 Å². The van der Waals surface area contributed by atoms with Crippen molar-refractivity contribution in [2.45, 2.75) is 19.8 Å². The van der Waals surface area contributed by atoms with Gasteiger partial charge in [0.2, 0.25) is 0 Å². The molecule has 0 unspecified atom stereocenters. The molecule has 0 saturated carbocycles. The summed E-state index contributed by atoms with van der Waals surface area (Å²) in [6.45, 7) is 4.35. The lowest BCUT2D eigenvalue weighted by Gasteiger charge is -2.31. The summed E-state index contributed by atoms with van der Waals surface area (Å²) in [5, 5.41) is 0.725. The molecule has 0 atom stereocenters. The Morgan fingerprint density at radius 2 is 1.81 bits per heavy atom. The summed E-state index contributed by atoms with van der Waals surface area (Å²) in [7, 11) is 0. The molecule has 3 rings (SSSR count). The van der Waals surface area contributed by atoms with Crippen molar-refractivity contribution in [1.82, 2.24) is 4.90 Å². The predicted molar refractivity (Wildman–Crippen MR) is 90.8 cm³/mol. The highest BCUT2D eigenvalue weighted by atomic mass is 35.5. The molecule has 2 heterocycles. The molecule has 1 aromatic heterocycles. The van der Waals surface area contributed by atoms with Crippen LogP contribution in [0.4, 0.5) is 0 Å². The summed E-state index contributed by atoms with van der Waals surface area (Å²) >= 11 is 11.5. The Morgan fingerprint density at radius 1 is 1.14 bits per heavy atom. The Morgan fingerprint density at radius 3 is 2.48 bits per heavy atom. The third-order valence-electron chi connectivity index (χ3n) is 4.02. The molecule has 1 aliphatic heterocycles. The zero-order chi connectivity index (χ0) is 14.8. The molecular formula is C17H18ClNOS. The normalized spacial score (nSPS) is 16.2. The SMILES string of the molecule is CC1CCN(C(=S)c2ccc(-c3ccc(Cl)cc3)o2)CC1. The van der Waals surface area contributed by atoms with Crippen molar-refractivity contribution in [3.8, 4) is 11.3 Å². The van der Waals surface area contributed by atoms with E-state index in [-0.39, 0.29) is 0 Å². The Labute approximate surface area is 135 Å². The van der Waals surface area contributed by atoms with Crippen LogP contribution in [0.2, 0.25) is 5.02 Å². The topological polar surface area (TPSA) is 16.4 Å². The Kier molecular flexibility index (Phi) is 4.32. The van der Waals surface area contributed by atoms with Gasteiger partial charge in [0.05, 0.1) is 0 Å².